The molecule has 1 saturated heterocycles. The fraction of sp³-hybridized carbons (Fsp3) is 0.520. The molecular weight excluding hydrogens is 392 g/mol. The summed E-state index contributed by atoms with van der Waals surface area (Å²) in [6.45, 7) is 1.72. The summed E-state index contributed by atoms with van der Waals surface area (Å²) in [7, 11) is 0. The van der Waals surface area contributed by atoms with Crippen molar-refractivity contribution in [3.8, 4) is 5.75 Å². The van der Waals surface area contributed by atoms with Crippen LogP contribution in [0.5, 0.6) is 5.75 Å². The molecule has 1 aliphatic heterocycles. The van der Waals surface area contributed by atoms with Gasteiger partial charge >= 0.3 is 0 Å². The number of phenolic OH excluding ortho intramolecular Hbond substituents is 1. The van der Waals surface area contributed by atoms with E-state index in [4.69, 9.17) is 4.74 Å². The number of fused-ring (bicyclic) bond motifs is 1. The van der Waals surface area contributed by atoms with E-state index in [1.807, 2.05) is 24.3 Å². The van der Waals surface area contributed by atoms with Crippen LogP contribution in [0.2, 0.25) is 0 Å². The minimum absolute atomic E-state index is 0.0194. The lowest BCUT2D eigenvalue weighted by atomic mass is 9.98. The molecule has 2 aliphatic rings. The Kier molecular flexibility index (Phi) is 7.07. The lowest BCUT2D eigenvalue weighted by molar-refractivity contribution is -0.124. The molecule has 1 saturated carbocycles. The Morgan fingerprint density at radius 3 is 2.68 bits per heavy atom. The normalized spacial score (nSPS) is 19.6. The van der Waals surface area contributed by atoms with Crippen LogP contribution in [0.3, 0.4) is 0 Å². The number of benzene rings is 2. The highest BCUT2D eigenvalue weighted by molar-refractivity contribution is 6.05. The van der Waals surface area contributed by atoms with Crippen LogP contribution in [0.25, 0.3) is 10.8 Å². The van der Waals surface area contributed by atoms with Crippen molar-refractivity contribution in [3.63, 3.8) is 0 Å². The van der Waals surface area contributed by atoms with Crippen molar-refractivity contribution in [2.24, 2.45) is 0 Å². The van der Waals surface area contributed by atoms with E-state index in [0.29, 0.717) is 37.6 Å². The molecule has 166 valence electrons. The lowest BCUT2D eigenvalue weighted by Crippen LogP contribution is -2.46. The number of carbonyl (C=O) groups is 2. The van der Waals surface area contributed by atoms with E-state index in [1.54, 1.807) is 17.0 Å². The maximum atomic E-state index is 13.1. The zero-order valence-corrected chi connectivity index (χ0v) is 18.0. The zero-order valence-electron chi connectivity index (χ0n) is 18.0. The van der Waals surface area contributed by atoms with E-state index >= 15 is 0 Å². The molecular formula is C25H32N2O4. The molecule has 0 aromatic heterocycles. The predicted molar refractivity (Wildman–Crippen MR) is 120 cm³/mol. The van der Waals surface area contributed by atoms with Gasteiger partial charge < -0.3 is 20.1 Å². The highest BCUT2D eigenvalue weighted by Crippen LogP contribution is 2.31. The molecule has 1 unspecified atom stereocenters. The summed E-state index contributed by atoms with van der Waals surface area (Å²) in [6, 6.07) is 10.4. The lowest BCUT2D eigenvalue weighted by Gasteiger charge is -2.25. The van der Waals surface area contributed by atoms with Crippen molar-refractivity contribution < 1.29 is 19.4 Å². The second kappa shape index (κ2) is 10.1. The van der Waals surface area contributed by atoms with Gasteiger partial charge in [-0.15, -0.1) is 0 Å². The Morgan fingerprint density at radius 1 is 1.03 bits per heavy atom. The van der Waals surface area contributed by atoms with E-state index in [0.717, 1.165) is 31.1 Å². The van der Waals surface area contributed by atoms with E-state index in [-0.39, 0.29) is 23.1 Å². The number of aromatic hydroxyl groups is 1. The third-order valence-corrected chi connectivity index (χ3v) is 6.47. The molecule has 1 aliphatic carbocycles. The van der Waals surface area contributed by atoms with Gasteiger partial charge in [0, 0.05) is 25.1 Å². The van der Waals surface area contributed by atoms with Gasteiger partial charge in [0.25, 0.3) is 5.91 Å². The van der Waals surface area contributed by atoms with E-state index in [9.17, 15) is 14.7 Å². The maximum absolute atomic E-state index is 13.1. The first-order valence-electron chi connectivity index (χ1n) is 11.6. The molecule has 2 amide bonds. The number of hydrogen-bond acceptors (Lipinski definition) is 4. The van der Waals surface area contributed by atoms with Crippen LogP contribution < -0.4 is 5.32 Å². The fourth-order valence-electron chi connectivity index (χ4n) is 4.75. The molecule has 2 aromatic carbocycles. The number of phenols is 1. The van der Waals surface area contributed by atoms with Crippen LogP contribution >= 0.6 is 0 Å². The van der Waals surface area contributed by atoms with E-state index in [1.165, 1.54) is 19.3 Å². The number of ether oxygens (including phenoxy) is 1. The number of rotatable bonds is 7. The van der Waals surface area contributed by atoms with Crippen LogP contribution in [0.4, 0.5) is 0 Å². The first kappa shape index (κ1) is 21.6. The monoisotopic (exact) mass is 424 g/mol. The summed E-state index contributed by atoms with van der Waals surface area (Å²) in [4.78, 5) is 27.5. The van der Waals surface area contributed by atoms with E-state index < -0.39 is 6.04 Å². The van der Waals surface area contributed by atoms with Gasteiger partial charge in [-0.3, -0.25) is 9.59 Å². The number of nitrogens with one attached hydrogen (secondary N) is 1. The highest BCUT2D eigenvalue weighted by atomic mass is 16.5. The van der Waals surface area contributed by atoms with Crippen molar-refractivity contribution in [1.82, 2.24) is 10.2 Å². The third-order valence-electron chi connectivity index (χ3n) is 6.47. The van der Waals surface area contributed by atoms with Crippen molar-refractivity contribution in [2.75, 3.05) is 19.7 Å². The SMILES string of the molecule is O=C(NCCCOC1CCCCC1)C1CCCN1C(=O)c1ccc2ccccc2c1O. The molecule has 0 radical (unpaired) electrons. The number of likely N-dealkylation sites (tertiary alicyclic amines) is 1. The molecule has 2 N–H and O–H groups in total. The second-order valence-electron chi connectivity index (χ2n) is 8.61. The van der Waals surface area contributed by atoms with Gasteiger partial charge in [-0.25, -0.2) is 0 Å². The number of hydrogen-bond donors (Lipinski definition) is 2. The Hall–Kier alpha value is -2.60. The minimum atomic E-state index is -0.488. The van der Waals surface area contributed by atoms with Crippen molar-refractivity contribution in [1.29, 1.82) is 0 Å². The van der Waals surface area contributed by atoms with Gasteiger partial charge in [-0.05, 0) is 43.6 Å². The van der Waals surface area contributed by atoms with Crippen molar-refractivity contribution in [2.45, 2.75) is 63.5 Å². The van der Waals surface area contributed by atoms with E-state index in [2.05, 4.69) is 5.32 Å². The average molecular weight is 425 g/mol. The topological polar surface area (TPSA) is 78.9 Å². The Balaban J connectivity index is 1.31. The number of carbonyl (C=O) groups excluding carboxylic acids is 2. The van der Waals surface area contributed by atoms with Crippen molar-refractivity contribution in [3.05, 3.63) is 42.0 Å². The van der Waals surface area contributed by atoms with Crippen molar-refractivity contribution >= 4 is 22.6 Å². The number of nitrogens with zero attached hydrogens (tertiary/aromatic N) is 1. The molecule has 0 spiro atoms. The molecule has 1 heterocycles. The molecule has 2 fully saturated rings. The van der Waals surface area contributed by atoms with Crippen LogP contribution in [0.1, 0.15) is 61.7 Å². The summed E-state index contributed by atoms with van der Waals surface area (Å²) in [5.74, 6) is -0.431. The minimum Gasteiger partial charge on any atom is -0.506 e. The van der Waals surface area contributed by atoms with Gasteiger partial charge in [0.2, 0.25) is 5.91 Å². The first-order chi connectivity index (χ1) is 15.1. The predicted octanol–water partition coefficient (Wildman–Crippen LogP) is 4.01. The molecule has 0 bridgehead atoms. The summed E-state index contributed by atoms with van der Waals surface area (Å²) in [6.07, 6.45) is 8.67. The van der Waals surface area contributed by atoms with Gasteiger partial charge in [0.05, 0.1) is 11.7 Å². The molecule has 2 aromatic rings. The molecule has 31 heavy (non-hydrogen) atoms. The Labute approximate surface area is 183 Å². The van der Waals surface area contributed by atoms with Gasteiger partial charge in [0.1, 0.15) is 11.8 Å². The summed E-state index contributed by atoms with van der Waals surface area (Å²) < 4.78 is 5.91. The molecule has 4 rings (SSSR count). The standard InChI is InChI=1S/C25H32N2O4/c28-23-20-11-5-4-8-18(20)13-14-21(23)25(30)27-16-6-12-22(27)24(29)26-15-7-17-31-19-9-2-1-3-10-19/h4-5,8,11,13-14,19,22,28H,1-3,6-7,9-10,12,15-17H2,(H,26,29). The largest absolute Gasteiger partial charge is 0.506 e. The van der Waals surface area contributed by atoms with Gasteiger partial charge in [0.15, 0.2) is 0 Å². The molecule has 1 atom stereocenters. The summed E-state index contributed by atoms with van der Waals surface area (Å²) in [5, 5.41) is 15.1. The van der Waals surface area contributed by atoms with Crippen LogP contribution in [-0.2, 0) is 9.53 Å². The molecule has 6 heteroatoms. The summed E-state index contributed by atoms with van der Waals surface area (Å²) in [5.41, 5.74) is 0.249. The van der Waals surface area contributed by atoms with Crippen LogP contribution in [0.15, 0.2) is 36.4 Å². The smallest absolute Gasteiger partial charge is 0.258 e. The first-order valence-corrected chi connectivity index (χ1v) is 11.6. The number of amides is 2. The summed E-state index contributed by atoms with van der Waals surface area (Å²) >= 11 is 0. The zero-order chi connectivity index (χ0) is 21.6. The Bertz CT molecular complexity index is 923. The quantitative estimate of drug-likeness (QED) is 0.659. The average Bonchev–Trinajstić information content (AvgIpc) is 3.30. The maximum Gasteiger partial charge on any atom is 0.258 e. The molecule has 6 nitrogen and oxygen atoms in total. The van der Waals surface area contributed by atoms with Crippen LogP contribution in [-0.4, -0.2) is 53.7 Å². The fourth-order valence-corrected chi connectivity index (χ4v) is 4.75. The third kappa shape index (κ3) is 5.01. The van der Waals surface area contributed by atoms with Gasteiger partial charge in [-0.2, -0.15) is 0 Å². The second-order valence-corrected chi connectivity index (χ2v) is 8.61. The van der Waals surface area contributed by atoms with Crippen LogP contribution in [0, 0.1) is 0 Å². The Morgan fingerprint density at radius 2 is 1.84 bits per heavy atom. The highest BCUT2D eigenvalue weighted by Gasteiger charge is 2.35. The van der Waals surface area contributed by atoms with Gasteiger partial charge in [-0.1, -0.05) is 49.6 Å².